The molecule has 1 N–H and O–H groups in total. The van der Waals surface area contributed by atoms with Gasteiger partial charge in [-0.15, -0.1) is 11.3 Å². The van der Waals surface area contributed by atoms with E-state index < -0.39 is 0 Å². The van der Waals surface area contributed by atoms with E-state index in [0.717, 1.165) is 44.4 Å². The molecule has 0 saturated carbocycles. The second-order valence-electron chi connectivity index (χ2n) is 7.26. The quantitative estimate of drug-likeness (QED) is 0.606. The number of unbranched alkanes of at least 4 members (excludes halogenated alkanes) is 1. The Morgan fingerprint density at radius 2 is 2.11 bits per heavy atom. The van der Waals surface area contributed by atoms with Crippen molar-refractivity contribution < 1.29 is 9.53 Å². The molecule has 2 aromatic rings. The number of ether oxygens (including phenoxy) is 1. The lowest BCUT2D eigenvalue weighted by Crippen LogP contribution is -2.24. The summed E-state index contributed by atoms with van der Waals surface area (Å²) in [6, 6.07) is 8.06. The average Bonchev–Trinajstić information content (AvgIpc) is 3.08. The summed E-state index contributed by atoms with van der Waals surface area (Å²) in [4.78, 5) is 18.2. The lowest BCUT2D eigenvalue weighted by atomic mass is 10.0. The number of aromatic nitrogens is 1. The minimum atomic E-state index is 0.143. The molecule has 0 spiro atoms. The molecule has 1 aliphatic carbocycles. The van der Waals surface area contributed by atoms with Gasteiger partial charge in [0, 0.05) is 24.3 Å². The molecule has 0 radical (unpaired) electrons. The monoisotopic (exact) mass is 386 g/mol. The second-order valence-corrected chi connectivity index (χ2v) is 8.43. The highest BCUT2D eigenvalue weighted by Crippen LogP contribution is 2.27. The van der Waals surface area contributed by atoms with Crippen molar-refractivity contribution in [3.8, 4) is 5.75 Å². The molecule has 1 aliphatic rings. The van der Waals surface area contributed by atoms with Gasteiger partial charge in [-0.1, -0.05) is 12.1 Å². The molecular formula is C22H30N2O2S. The molecule has 0 unspecified atom stereocenters. The summed E-state index contributed by atoms with van der Waals surface area (Å²) >= 11 is 1.87. The van der Waals surface area contributed by atoms with Crippen molar-refractivity contribution in [1.29, 1.82) is 0 Å². The maximum atomic E-state index is 11.9. The van der Waals surface area contributed by atoms with Crippen LogP contribution in [-0.4, -0.2) is 24.0 Å². The maximum absolute atomic E-state index is 11.9. The zero-order valence-electron chi connectivity index (χ0n) is 16.3. The van der Waals surface area contributed by atoms with E-state index in [2.05, 4.69) is 18.3 Å². The SMILES string of the molecule is Cc1cccc(OCCCCC(=O)NCCCc2nc3c(s2)CCCC3)c1. The summed E-state index contributed by atoms with van der Waals surface area (Å²) in [6.45, 7) is 3.45. The average molecular weight is 387 g/mol. The first-order valence-electron chi connectivity index (χ1n) is 10.1. The largest absolute Gasteiger partial charge is 0.494 e. The third-order valence-corrected chi connectivity index (χ3v) is 6.05. The summed E-state index contributed by atoms with van der Waals surface area (Å²) < 4.78 is 5.71. The molecule has 3 rings (SSSR count). The van der Waals surface area contributed by atoms with Crippen LogP contribution >= 0.6 is 11.3 Å². The molecule has 27 heavy (non-hydrogen) atoms. The molecule has 146 valence electrons. The first-order chi connectivity index (χ1) is 13.2. The van der Waals surface area contributed by atoms with Crippen LogP contribution in [0, 0.1) is 6.92 Å². The van der Waals surface area contributed by atoms with Gasteiger partial charge in [0.25, 0.3) is 0 Å². The number of fused-ring (bicyclic) bond motifs is 1. The lowest BCUT2D eigenvalue weighted by molar-refractivity contribution is -0.121. The van der Waals surface area contributed by atoms with Crippen LogP contribution in [0.4, 0.5) is 0 Å². The number of carbonyl (C=O) groups is 1. The molecule has 4 nitrogen and oxygen atoms in total. The van der Waals surface area contributed by atoms with E-state index in [-0.39, 0.29) is 5.91 Å². The first kappa shape index (κ1) is 19.9. The van der Waals surface area contributed by atoms with Gasteiger partial charge in [-0.2, -0.15) is 0 Å². The van der Waals surface area contributed by atoms with E-state index in [0.29, 0.717) is 13.0 Å². The van der Waals surface area contributed by atoms with Gasteiger partial charge in [-0.05, 0) is 69.6 Å². The van der Waals surface area contributed by atoms with Crippen LogP contribution in [0.3, 0.4) is 0 Å². The Kier molecular flexibility index (Phi) is 7.69. The van der Waals surface area contributed by atoms with Gasteiger partial charge < -0.3 is 10.1 Å². The molecule has 0 fully saturated rings. The number of nitrogens with one attached hydrogen (secondary N) is 1. The number of benzene rings is 1. The first-order valence-corrected chi connectivity index (χ1v) is 11.0. The van der Waals surface area contributed by atoms with Crippen molar-refractivity contribution in [2.24, 2.45) is 0 Å². The molecule has 1 aromatic carbocycles. The van der Waals surface area contributed by atoms with E-state index >= 15 is 0 Å². The number of hydrogen-bond acceptors (Lipinski definition) is 4. The maximum Gasteiger partial charge on any atom is 0.219 e. The van der Waals surface area contributed by atoms with Crippen LogP contribution in [0.25, 0.3) is 0 Å². The summed E-state index contributed by atoms with van der Waals surface area (Å²) in [5.74, 6) is 1.05. The van der Waals surface area contributed by atoms with Crippen LogP contribution in [0.1, 0.15) is 59.7 Å². The number of amides is 1. The van der Waals surface area contributed by atoms with Crippen molar-refractivity contribution in [2.75, 3.05) is 13.2 Å². The summed E-state index contributed by atoms with van der Waals surface area (Å²) in [6.07, 6.45) is 9.21. The lowest BCUT2D eigenvalue weighted by Gasteiger charge is -2.07. The van der Waals surface area contributed by atoms with E-state index in [4.69, 9.17) is 9.72 Å². The molecule has 1 amide bonds. The van der Waals surface area contributed by atoms with Crippen LogP contribution in [0.15, 0.2) is 24.3 Å². The van der Waals surface area contributed by atoms with Crippen LogP contribution in [-0.2, 0) is 24.1 Å². The Balaban J connectivity index is 1.22. The highest BCUT2D eigenvalue weighted by Gasteiger charge is 2.14. The van der Waals surface area contributed by atoms with E-state index in [1.54, 1.807) is 0 Å². The third kappa shape index (κ3) is 6.65. The fourth-order valence-corrected chi connectivity index (χ4v) is 4.55. The van der Waals surface area contributed by atoms with E-state index in [9.17, 15) is 4.79 Å². The standard InChI is InChI=1S/C22H30N2O2S/c1-17-8-6-9-18(16-17)26-15-5-4-12-21(25)23-14-7-13-22-24-19-10-2-3-11-20(19)27-22/h6,8-9,16H,2-5,7,10-15H2,1H3,(H,23,25). The summed E-state index contributed by atoms with van der Waals surface area (Å²) in [5, 5.41) is 4.27. The molecule has 5 heteroatoms. The van der Waals surface area contributed by atoms with Gasteiger partial charge in [-0.25, -0.2) is 4.98 Å². The number of hydrogen-bond donors (Lipinski definition) is 1. The predicted octanol–water partition coefficient (Wildman–Crippen LogP) is 4.63. The smallest absolute Gasteiger partial charge is 0.219 e. The fourth-order valence-electron chi connectivity index (χ4n) is 3.35. The predicted molar refractivity (Wildman–Crippen MR) is 111 cm³/mol. The zero-order chi connectivity index (χ0) is 18.9. The van der Waals surface area contributed by atoms with Gasteiger partial charge in [0.2, 0.25) is 5.91 Å². The third-order valence-electron chi connectivity index (χ3n) is 4.84. The van der Waals surface area contributed by atoms with E-state index in [1.165, 1.54) is 40.4 Å². The number of nitrogens with zero attached hydrogens (tertiary/aromatic N) is 1. The Labute approximate surface area is 166 Å². The van der Waals surface area contributed by atoms with Crippen LogP contribution in [0.5, 0.6) is 5.75 Å². The van der Waals surface area contributed by atoms with Crippen molar-refractivity contribution in [2.45, 2.75) is 64.7 Å². The van der Waals surface area contributed by atoms with Crippen molar-refractivity contribution >= 4 is 17.2 Å². The molecule has 1 aromatic heterocycles. The molecule has 0 bridgehead atoms. The Bertz CT molecular complexity index is 718. The van der Waals surface area contributed by atoms with Crippen molar-refractivity contribution in [1.82, 2.24) is 10.3 Å². The molecule has 0 saturated heterocycles. The van der Waals surface area contributed by atoms with Gasteiger partial charge in [-0.3, -0.25) is 4.79 Å². The number of carbonyl (C=O) groups excluding carboxylic acids is 1. The Morgan fingerprint density at radius 3 is 2.96 bits per heavy atom. The van der Waals surface area contributed by atoms with Crippen LogP contribution in [0.2, 0.25) is 0 Å². The number of thiazole rings is 1. The summed E-state index contributed by atoms with van der Waals surface area (Å²) in [5.41, 5.74) is 2.53. The van der Waals surface area contributed by atoms with Gasteiger partial charge in [0.05, 0.1) is 17.3 Å². The normalized spacial score (nSPS) is 13.2. The highest BCUT2D eigenvalue weighted by atomic mass is 32.1. The van der Waals surface area contributed by atoms with Gasteiger partial charge in [0.15, 0.2) is 0 Å². The molecule has 0 aliphatic heterocycles. The molecular weight excluding hydrogens is 356 g/mol. The van der Waals surface area contributed by atoms with Gasteiger partial charge >= 0.3 is 0 Å². The van der Waals surface area contributed by atoms with Gasteiger partial charge in [0.1, 0.15) is 5.75 Å². The van der Waals surface area contributed by atoms with Crippen molar-refractivity contribution in [3.05, 3.63) is 45.4 Å². The Morgan fingerprint density at radius 1 is 1.22 bits per heavy atom. The number of aryl methyl sites for hydroxylation is 4. The van der Waals surface area contributed by atoms with Crippen LogP contribution < -0.4 is 10.1 Å². The van der Waals surface area contributed by atoms with Crippen molar-refractivity contribution in [3.63, 3.8) is 0 Å². The zero-order valence-corrected chi connectivity index (χ0v) is 17.1. The fraction of sp³-hybridized carbons (Fsp3) is 0.545. The molecule has 0 atom stereocenters. The van der Waals surface area contributed by atoms with E-state index in [1.807, 2.05) is 29.5 Å². The minimum Gasteiger partial charge on any atom is -0.494 e. The second kappa shape index (κ2) is 10.5. The summed E-state index contributed by atoms with van der Waals surface area (Å²) in [7, 11) is 0. The highest BCUT2D eigenvalue weighted by molar-refractivity contribution is 7.11. The minimum absolute atomic E-state index is 0.143. The number of rotatable bonds is 10. The Hall–Kier alpha value is -1.88. The topological polar surface area (TPSA) is 51.2 Å². The molecule has 1 heterocycles.